The Morgan fingerprint density at radius 2 is 2.26 bits per heavy atom. The molecule has 6 heteroatoms. The van der Waals surface area contributed by atoms with E-state index in [0.717, 1.165) is 5.56 Å². The summed E-state index contributed by atoms with van der Waals surface area (Å²) in [7, 11) is 0. The molecule has 0 aliphatic carbocycles. The number of nitrogen functional groups attached to an aromatic ring is 1. The highest BCUT2D eigenvalue weighted by atomic mass is 16.5. The topological polar surface area (TPSA) is 83.0 Å². The lowest BCUT2D eigenvalue weighted by Crippen LogP contribution is -2.11. The number of ether oxygens (including phenoxy) is 1. The zero-order chi connectivity index (χ0) is 13.8. The van der Waals surface area contributed by atoms with Gasteiger partial charge in [0.25, 0.3) is 0 Å². The van der Waals surface area contributed by atoms with Crippen LogP contribution in [-0.4, -0.2) is 20.7 Å². The van der Waals surface area contributed by atoms with Crippen LogP contribution >= 0.6 is 0 Å². The normalized spacial score (nSPS) is 10.4. The number of esters is 1. The van der Waals surface area contributed by atoms with Crippen molar-refractivity contribution in [3.63, 3.8) is 0 Å². The van der Waals surface area contributed by atoms with Crippen molar-refractivity contribution in [1.82, 2.24) is 14.8 Å². The minimum atomic E-state index is -0.407. The predicted octanol–water partition coefficient (Wildman–Crippen LogP) is 1.55. The number of carbonyl (C=O) groups excluding carboxylic acids is 1. The van der Waals surface area contributed by atoms with Crippen LogP contribution in [0, 0.1) is 6.92 Å². The van der Waals surface area contributed by atoms with Gasteiger partial charge in [-0.05, 0) is 31.5 Å². The molecule has 0 unspecified atom stereocenters. The molecular weight excluding hydrogens is 244 g/mol. The maximum absolute atomic E-state index is 12.0. The predicted molar refractivity (Wildman–Crippen MR) is 70.4 cm³/mol. The van der Waals surface area contributed by atoms with Gasteiger partial charge < -0.3 is 10.5 Å². The molecule has 19 heavy (non-hydrogen) atoms. The standard InChI is InChI=1S/C13H16N4O2/c1-3-17-12(15-8-16-17)7-19-13(18)11-6-10(14)5-4-9(11)2/h4-6,8H,3,7,14H2,1-2H3. The van der Waals surface area contributed by atoms with Crippen molar-refractivity contribution in [1.29, 1.82) is 0 Å². The Kier molecular flexibility index (Phi) is 3.79. The first-order valence-corrected chi connectivity index (χ1v) is 6.01. The van der Waals surface area contributed by atoms with Crippen LogP contribution in [0.5, 0.6) is 0 Å². The summed E-state index contributed by atoms with van der Waals surface area (Å²) in [6.07, 6.45) is 1.44. The quantitative estimate of drug-likeness (QED) is 0.666. The van der Waals surface area contributed by atoms with Crippen LogP contribution in [0.4, 0.5) is 5.69 Å². The second kappa shape index (κ2) is 5.51. The number of nitrogens with zero attached hydrogens (tertiary/aromatic N) is 3. The van der Waals surface area contributed by atoms with E-state index in [9.17, 15) is 4.79 Å². The summed E-state index contributed by atoms with van der Waals surface area (Å²) in [6, 6.07) is 5.16. The molecule has 0 atom stereocenters. The minimum Gasteiger partial charge on any atom is -0.454 e. The first-order chi connectivity index (χ1) is 9.11. The van der Waals surface area contributed by atoms with E-state index < -0.39 is 5.97 Å². The van der Waals surface area contributed by atoms with Gasteiger partial charge >= 0.3 is 5.97 Å². The lowest BCUT2D eigenvalue weighted by molar-refractivity contribution is 0.0456. The highest BCUT2D eigenvalue weighted by molar-refractivity contribution is 5.92. The van der Waals surface area contributed by atoms with E-state index in [4.69, 9.17) is 10.5 Å². The SMILES string of the molecule is CCn1ncnc1COC(=O)c1cc(N)ccc1C. The lowest BCUT2D eigenvalue weighted by atomic mass is 10.1. The van der Waals surface area contributed by atoms with Crippen molar-refractivity contribution in [2.45, 2.75) is 27.0 Å². The molecular formula is C13H16N4O2. The average Bonchev–Trinajstić information content (AvgIpc) is 2.86. The molecule has 1 heterocycles. The molecule has 0 aliphatic rings. The van der Waals surface area contributed by atoms with Gasteiger partial charge in [0.05, 0.1) is 5.56 Å². The van der Waals surface area contributed by atoms with Gasteiger partial charge in [-0.2, -0.15) is 5.10 Å². The van der Waals surface area contributed by atoms with E-state index in [1.165, 1.54) is 6.33 Å². The number of anilines is 1. The van der Waals surface area contributed by atoms with E-state index in [1.807, 2.05) is 13.8 Å². The number of carbonyl (C=O) groups is 1. The molecule has 2 N–H and O–H groups in total. The Bertz CT molecular complexity index is 592. The van der Waals surface area contributed by atoms with E-state index in [1.54, 1.807) is 22.9 Å². The minimum absolute atomic E-state index is 0.0981. The van der Waals surface area contributed by atoms with Gasteiger partial charge in [0.1, 0.15) is 6.33 Å². The second-order valence-electron chi connectivity index (χ2n) is 4.14. The number of hydrogen-bond donors (Lipinski definition) is 1. The third kappa shape index (κ3) is 2.90. The Labute approximate surface area is 111 Å². The van der Waals surface area contributed by atoms with Crippen LogP contribution in [-0.2, 0) is 17.9 Å². The second-order valence-corrected chi connectivity index (χ2v) is 4.14. The van der Waals surface area contributed by atoms with Crippen LogP contribution < -0.4 is 5.73 Å². The molecule has 6 nitrogen and oxygen atoms in total. The van der Waals surface area contributed by atoms with Crippen LogP contribution in [0.1, 0.15) is 28.7 Å². The summed E-state index contributed by atoms with van der Waals surface area (Å²) in [5.41, 5.74) is 7.51. The molecule has 0 saturated carbocycles. The first-order valence-electron chi connectivity index (χ1n) is 6.01. The fraction of sp³-hybridized carbons (Fsp3) is 0.308. The van der Waals surface area contributed by atoms with Crippen molar-refractivity contribution in [2.24, 2.45) is 0 Å². The third-order valence-electron chi connectivity index (χ3n) is 2.81. The molecule has 2 rings (SSSR count). The van der Waals surface area contributed by atoms with E-state index in [2.05, 4.69) is 10.1 Å². The molecule has 0 saturated heterocycles. The average molecular weight is 260 g/mol. The van der Waals surface area contributed by atoms with Crippen LogP contribution in [0.25, 0.3) is 0 Å². The monoisotopic (exact) mass is 260 g/mol. The highest BCUT2D eigenvalue weighted by Gasteiger charge is 2.12. The van der Waals surface area contributed by atoms with Gasteiger partial charge in [-0.3, -0.25) is 0 Å². The van der Waals surface area contributed by atoms with Crippen LogP contribution in [0.15, 0.2) is 24.5 Å². The highest BCUT2D eigenvalue weighted by Crippen LogP contribution is 2.14. The van der Waals surface area contributed by atoms with E-state index in [-0.39, 0.29) is 6.61 Å². The summed E-state index contributed by atoms with van der Waals surface area (Å²) in [6.45, 7) is 4.57. The summed E-state index contributed by atoms with van der Waals surface area (Å²) >= 11 is 0. The lowest BCUT2D eigenvalue weighted by Gasteiger charge is -2.08. The van der Waals surface area contributed by atoms with E-state index >= 15 is 0 Å². The van der Waals surface area contributed by atoms with Gasteiger partial charge in [-0.1, -0.05) is 6.07 Å². The molecule has 100 valence electrons. The van der Waals surface area contributed by atoms with Gasteiger partial charge in [0, 0.05) is 12.2 Å². The number of benzene rings is 1. The number of aromatic nitrogens is 3. The molecule has 1 aromatic heterocycles. The number of aryl methyl sites for hydroxylation is 2. The molecule has 1 aromatic carbocycles. The van der Waals surface area contributed by atoms with Crippen molar-refractivity contribution in [2.75, 3.05) is 5.73 Å². The van der Waals surface area contributed by atoms with Crippen LogP contribution in [0.2, 0.25) is 0 Å². The van der Waals surface area contributed by atoms with E-state index in [0.29, 0.717) is 23.6 Å². The Hall–Kier alpha value is -2.37. The van der Waals surface area contributed by atoms with Crippen molar-refractivity contribution in [3.8, 4) is 0 Å². The maximum Gasteiger partial charge on any atom is 0.338 e. The van der Waals surface area contributed by atoms with Gasteiger partial charge in [0.15, 0.2) is 12.4 Å². The fourth-order valence-electron chi connectivity index (χ4n) is 1.73. The summed E-state index contributed by atoms with van der Waals surface area (Å²) in [5.74, 6) is 0.216. The Morgan fingerprint density at radius 3 is 3.00 bits per heavy atom. The summed E-state index contributed by atoms with van der Waals surface area (Å²) in [5, 5.41) is 4.01. The molecule has 0 bridgehead atoms. The zero-order valence-electron chi connectivity index (χ0n) is 11.0. The van der Waals surface area contributed by atoms with Crippen LogP contribution in [0.3, 0.4) is 0 Å². The molecule has 0 amide bonds. The van der Waals surface area contributed by atoms with Gasteiger partial charge in [0.2, 0.25) is 0 Å². The largest absolute Gasteiger partial charge is 0.454 e. The molecule has 0 fully saturated rings. The van der Waals surface area contributed by atoms with Crippen molar-refractivity contribution in [3.05, 3.63) is 41.5 Å². The molecule has 0 aliphatic heterocycles. The third-order valence-corrected chi connectivity index (χ3v) is 2.81. The first kappa shape index (κ1) is 13.1. The molecule has 0 radical (unpaired) electrons. The molecule has 2 aromatic rings. The number of rotatable bonds is 4. The van der Waals surface area contributed by atoms with Gasteiger partial charge in [-0.15, -0.1) is 0 Å². The smallest absolute Gasteiger partial charge is 0.338 e. The molecule has 0 spiro atoms. The Morgan fingerprint density at radius 1 is 1.47 bits per heavy atom. The summed E-state index contributed by atoms with van der Waals surface area (Å²) < 4.78 is 6.91. The summed E-state index contributed by atoms with van der Waals surface area (Å²) in [4.78, 5) is 16.0. The van der Waals surface area contributed by atoms with Crippen molar-refractivity contribution >= 4 is 11.7 Å². The number of hydrogen-bond acceptors (Lipinski definition) is 5. The fourth-order valence-corrected chi connectivity index (χ4v) is 1.73. The van der Waals surface area contributed by atoms with Crippen molar-refractivity contribution < 1.29 is 9.53 Å². The Balaban J connectivity index is 2.07. The number of nitrogens with two attached hydrogens (primary N) is 1. The van der Waals surface area contributed by atoms with Gasteiger partial charge in [-0.25, -0.2) is 14.5 Å². The maximum atomic E-state index is 12.0. The zero-order valence-corrected chi connectivity index (χ0v) is 11.0.